The van der Waals surface area contributed by atoms with Gasteiger partial charge in [-0.1, -0.05) is 36.8 Å². The highest BCUT2D eigenvalue weighted by Gasteiger charge is 2.13. The quantitative estimate of drug-likeness (QED) is 0.883. The van der Waals surface area contributed by atoms with E-state index in [9.17, 15) is 0 Å². The van der Waals surface area contributed by atoms with Gasteiger partial charge in [0.25, 0.3) is 0 Å². The molecule has 0 aliphatic heterocycles. The number of hydrogen-bond acceptors (Lipinski definition) is 3. The van der Waals surface area contributed by atoms with Gasteiger partial charge in [-0.25, -0.2) is 4.98 Å². The summed E-state index contributed by atoms with van der Waals surface area (Å²) in [5.74, 6) is 0.527. The van der Waals surface area contributed by atoms with Gasteiger partial charge >= 0.3 is 0 Å². The molecule has 0 fully saturated rings. The van der Waals surface area contributed by atoms with Crippen LogP contribution >= 0.6 is 11.3 Å². The van der Waals surface area contributed by atoms with Gasteiger partial charge in [-0.05, 0) is 20.4 Å². The standard InChI is InChI=1S/C15H20N2S/c1-4-12(9-16-3)15-17-14(10-18-15)13-7-5-11(2)6-8-13/h5-8,10,12,16H,4,9H2,1-3H3. The molecule has 2 aromatic rings. The predicted octanol–water partition coefficient (Wildman–Crippen LogP) is 3.83. The Kier molecular flexibility index (Phi) is 4.50. The van der Waals surface area contributed by atoms with Gasteiger partial charge in [0.15, 0.2) is 0 Å². The van der Waals surface area contributed by atoms with Gasteiger partial charge in [0.2, 0.25) is 0 Å². The lowest BCUT2D eigenvalue weighted by atomic mass is 10.1. The third-order valence-electron chi connectivity index (χ3n) is 3.16. The van der Waals surface area contributed by atoms with E-state index < -0.39 is 0 Å². The molecule has 0 spiro atoms. The molecule has 3 heteroatoms. The van der Waals surface area contributed by atoms with E-state index in [1.54, 1.807) is 11.3 Å². The molecule has 0 bridgehead atoms. The molecule has 0 amide bonds. The Morgan fingerprint density at radius 3 is 2.61 bits per heavy atom. The first-order chi connectivity index (χ1) is 8.74. The fraction of sp³-hybridized carbons (Fsp3) is 0.400. The van der Waals surface area contributed by atoms with E-state index in [1.807, 2.05) is 7.05 Å². The second kappa shape index (κ2) is 6.12. The molecule has 2 rings (SSSR count). The number of benzene rings is 1. The van der Waals surface area contributed by atoms with Crippen molar-refractivity contribution in [3.8, 4) is 11.3 Å². The van der Waals surface area contributed by atoms with Gasteiger partial charge < -0.3 is 5.32 Å². The Labute approximate surface area is 113 Å². The highest BCUT2D eigenvalue weighted by Crippen LogP contribution is 2.28. The molecule has 1 aromatic heterocycles. The first kappa shape index (κ1) is 13.2. The molecule has 18 heavy (non-hydrogen) atoms. The number of hydrogen-bond donors (Lipinski definition) is 1. The summed E-state index contributed by atoms with van der Waals surface area (Å²) in [6.45, 7) is 5.32. The second-order valence-electron chi connectivity index (χ2n) is 4.60. The maximum absolute atomic E-state index is 4.78. The van der Waals surface area contributed by atoms with Gasteiger partial charge in [0, 0.05) is 23.4 Å². The van der Waals surface area contributed by atoms with Crippen LogP contribution in [0.4, 0.5) is 0 Å². The maximum Gasteiger partial charge on any atom is 0.0976 e. The van der Waals surface area contributed by atoms with Crippen molar-refractivity contribution < 1.29 is 0 Å². The summed E-state index contributed by atoms with van der Waals surface area (Å²) in [6.07, 6.45) is 1.13. The van der Waals surface area contributed by atoms with Crippen molar-refractivity contribution >= 4 is 11.3 Å². The van der Waals surface area contributed by atoms with E-state index >= 15 is 0 Å². The Hall–Kier alpha value is -1.19. The van der Waals surface area contributed by atoms with Crippen LogP contribution in [0.2, 0.25) is 0 Å². The summed E-state index contributed by atoms with van der Waals surface area (Å²) in [7, 11) is 2.00. The van der Waals surface area contributed by atoms with Crippen LogP contribution < -0.4 is 5.32 Å². The first-order valence-electron chi connectivity index (χ1n) is 6.41. The van der Waals surface area contributed by atoms with Crippen molar-refractivity contribution in [2.75, 3.05) is 13.6 Å². The largest absolute Gasteiger partial charge is 0.319 e. The molecular formula is C15H20N2S. The van der Waals surface area contributed by atoms with E-state index in [4.69, 9.17) is 4.98 Å². The Balaban J connectivity index is 2.21. The second-order valence-corrected chi connectivity index (χ2v) is 5.49. The van der Waals surface area contributed by atoms with Crippen molar-refractivity contribution in [1.82, 2.24) is 10.3 Å². The molecular weight excluding hydrogens is 240 g/mol. The Morgan fingerprint density at radius 2 is 2.00 bits per heavy atom. The number of likely N-dealkylation sites (N-methyl/N-ethyl adjacent to an activating group) is 1. The summed E-state index contributed by atoms with van der Waals surface area (Å²) >= 11 is 1.77. The molecule has 1 atom stereocenters. The number of nitrogens with zero attached hydrogens (tertiary/aromatic N) is 1. The van der Waals surface area contributed by atoms with Gasteiger partial charge in [-0.2, -0.15) is 0 Å². The van der Waals surface area contributed by atoms with Crippen molar-refractivity contribution in [2.24, 2.45) is 0 Å². The Morgan fingerprint density at radius 1 is 1.28 bits per heavy atom. The van der Waals surface area contributed by atoms with Gasteiger partial charge in [0.1, 0.15) is 0 Å². The van der Waals surface area contributed by atoms with Crippen LogP contribution in [-0.2, 0) is 0 Å². The minimum absolute atomic E-state index is 0.527. The lowest BCUT2D eigenvalue weighted by Gasteiger charge is -2.10. The fourth-order valence-corrected chi connectivity index (χ4v) is 3.00. The summed E-state index contributed by atoms with van der Waals surface area (Å²) in [5, 5.41) is 6.64. The number of rotatable bonds is 5. The van der Waals surface area contributed by atoms with Crippen LogP contribution in [0, 0.1) is 6.92 Å². The van der Waals surface area contributed by atoms with Crippen molar-refractivity contribution in [3.05, 3.63) is 40.2 Å². The minimum Gasteiger partial charge on any atom is -0.319 e. The van der Waals surface area contributed by atoms with Crippen molar-refractivity contribution in [3.63, 3.8) is 0 Å². The molecule has 1 unspecified atom stereocenters. The fourth-order valence-electron chi connectivity index (χ4n) is 1.98. The molecule has 1 aromatic carbocycles. The molecule has 96 valence electrons. The lowest BCUT2D eigenvalue weighted by Crippen LogP contribution is -2.16. The third kappa shape index (κ3) is 2.98. The Bertz CT molecular complexity index is 487. The topological polar surface area (TPSA) is 24.9 Å². The van der Waals surface area contributed by atoms with Crippen LogP contribution in [0.15, 0.2) is 29.6 Å². The number of aryl methyl sites for hydroxylation is 1. The number of aromatic nitrogens is 1. The van der Waals surface area contributed by atoms with Crippen LogP contribution in [0.25, 0.3) is 11.3 Å². The summed E-state index contributed by atoms with van der Waals surface area (Å²) in [4.78, 5) is 4.78. The number of nitrogens with one attached hydrogen (secondary N) is 1. The molecule has 1 heterocycles. The van der Waals surface area contributed by atoms with E-state index in [-0.39, 0.29) is 0 Å². The first-order valence-corrected chi connectivity index (χ1v) is 7.29. The van der Waals surface area contributed by atoms with E-state index in [2.05, 4.69) is 48.8 Å². The summed E-state index contributed by atoms with van der Waals surface area (Å²) in [5.41, 5.74) is 3.60. The van der Waals surface area contributed by atoms with E-state index in [0.717, 1.165) is 18.7 Å². The number of thiazole rings is 1. The van der Waals surface area contributed by atoms with Crippen molar-refractivity contribution in [2.45, 2.75) is 26.2 Å². The molecule has 0 aliphatic carbocycles. The third-order valence-corrected chi connectivity index (χ3v) is 4.17. The molecule has 0 saturated heterocycles. The van der Waals surface area contributed by atoms with Crippen LogP contribution in [-0.4, -0.2) is 18.6 Å². The molecule has 1 N–H and O–H groups in total. The molecule has 0 radical (unpaired) electrons. The summed E-state index contributed by atoms with van der Waals surface area (Å²) < 4.78 is 0. The van der Waals surface area contributed by atoms with Crippen LogP contribution in [0.5, 0.6) is 0 Å². The zero-order chi connectivity index (χ0) is 13.0. The van der Waals surface area contributed by atoms with Gasteiger partial charge in [-0.15, -0.1) is 11.3 Å². The lowest BCUT2D eigenvalue weighted by molar-refractivity contribution is 0.609. The SMILES string of the molecule is CCC(CNC)c1nc(-c2ccc(C)cc2)cs1. The highest BCUT2D eigenvalue weighted by atomic mass is 32.1. The molecule has 0 saturated carbocycles. The summed E-state index contributed by atoms with van der Waals surface area (Å²) in [6, 6.07) is 8.57. The van der Waals surface area contributed by atoms with Crippen LogP contribution in [0.1, 0.15) is 29.8 Å². The monoisotopic (exact) mass is 260 g/mol. The molecule has 2 nitrogen and oxygen atoms in total. The normalized spacial score (nSPS) is 12.6. The van der Waals surface area contributed by atoms with Crippen molar-refractivity contribution in [1.29, 1.82) is 0 Å². The molecule has 0 aliphatic rings. The highest BCUT2D eigenvalue weighted by molar-refractivity contribution is 7.10. The zero-order valence-corrected chi connectivity index (χ0v) is 12.1. The minimum atomic E-state index is 0.527. The smallest absolute Gasteiger partial charge is 0.0976 e. The predicted molar refractivity (Wildman–Crippen MR) is 79.2 cm³/mol. The van der Waals surface area contributed by atoms with Crippen LogP contribution in [0.3, 0.4) is 0 Å². The van der Waals surface area contributed by atoms with Gasteiger partial charge in [0.05, 0.1) is 10.7 Å². The van der Waals surface area contributed by atoms with E-state index in [1.165, 1.54) is 16.1 Å². The average molecular weight is 260 g/mol. The average Bonchev–Trinajstić information content (AvgIpc) is 2.86. The zero-order valence-electron chi connectivity index (χ0n) is 11.2. The van der Waals surface area contributed by atoms with E-state index in [0.29, 0.717) is 5.92 Å². The van der Waals surface area contributed by atoms with Gasteiger partial charge in [-0.3, -0.25) is 0 Å². The maximum atomic E-state index is 4.78.